The largest absolute Gasteiger partial charge is 0.378 e. The van der Waals surface area contributed by atoms with E-state index in [0.29, 0.717) is 10.2 Å². The maximum absolute atomic E-state index is 13.2. The lowest BCUT2D eigenvalue weighted by Crippen LogP contribution is -2.54. The second kappa shape index (κ2) is 8.71. The molecule has 1 aliphatic heterocycles. The van der Waals surface area contributed by atoms with Crippen molar-refractivity contribution in [3.05, 3.63) is 81.6 Å². The zero-order chi connectivity index (χ0) is 23.9. The number of carbonyl (C=O) groups is 3. The first-order valence-corrected chi connectivity index (χ1v) is 11.1. The van der Waals surface area contributed by atoms with Crippen molar-refractivity contribution in [3.63, 3.8) is 0 Å². The second-order valence-corrected chi connectivity index (χ2v) is 8.93. The average Bonchev–Trinajstić information content (AvgIpc) is 3.04. The van der Waals surface area contributed by atoms with Gasteiger partial charge in [0.25, 0.3) is 11.8 Å². The van der Waals surface area contributed by atoms with Gasteiger partial charge >= 0.3 is 6.03 Å². The van der Waals surface area contributed by atoms with Crippen LogP contribution in [0.15, 0.2) is 64.6 Å². The molecule has 1 saturated heterocycles. The maximum Gasteiger partial charge on any atom is 0.335 e. The van der Waals surface area contributed by atoms with Crippen LogP contribution < -0.4 is 15.1 Å². The van der Waals surface area contributed by atoms with Crippen LogP contribution in [0.2, 0.25) is 0 Å². The van der Waals surface area contributed by atoms with Gasteiger partial charge in [0.15, 0.2) is 0 Å². The monoisotopic (exact) mass is 506 g/mol. The number of nitrogens with one attached hydrogen (secondary N) is 1. The van der Waals surface area contributed by atoms with Crippen LogP contribution >= 0.6 is 15.9 Å². The molecule has 0 spiro atoms. The van der Waals surface area contributed by atoms with Crippen molar-refractivity contribution in [2.24, 2.45) is 0 Å². The fourth-order valence-electron chi connectivity index (χ4n) is 3.89. The number of aromatic nitrogens is 1. The third kappa shape index (κ3) is 4.21. The Kier molecular flexibility index (Phi) is 5.95. The Bertz CT molecular complexity index is 1310. The van der Waals surface area contributed by atoms with E-state index in [2.05, 4.69) is 25.8 Å². The van der Waals surface area contributed by atoms with Crippen molar-refractivity contribution in [1.29, 1.82) is 0 Å². The molecular formula is C25H23BrN4O3. The smallest absolute Gasteiger partial charge is 0.335 e. The first kappa shape index (κ1) is 22.5. The predicted molar refractivity (Wildman–Crippen MR) is 133 cm³/mol. The quantitative estimate of drug-likeness (QED) is 0.414. The van der Waals surface area contributed by atoms with Crippen LogP contribution in [0.4, 0.5) is 16.2 Å². The molecule has 4 rings (SSSR count). The molecule has 168 valence electrons. The van der Waals surface area contributed by atoms with Crippen LogP contribution in [0, 0.1) is 13.8 Å². The zero-order valence-electron chi connectivity index (χ0n) is 18.7. The van der Waals surface area contributed by atoms with Gasteiger partial charge in [-0.2, -0.15) is 0 Å². The molecule has 1 fully saturated rings. The third-order valence-corrected chi connectivity index (χ3v) is 6.06. The van der Waals surface area contributed by atoms with E-state index in [-0.39, 0.29) is 5.57 Å². The van der Waals surface area contributed by atoms with Gasteiger partial charge in [0.05, 0.1) is 5.69 Å². The highest BCUT2D eigenvalue weighted by Gasteiger charge is 2.37. The van der Waals surface area contributed by atoms with Crippen molar-refractivity contribution in [1.82, 2.24) is 9.88 Å². The number of carbonyl (C=O) groups excluding carboxylic acids is 3. The number of urea groups is 1. The molecule has 0 atom stereocenters. The van der Waals surface area contributed by atoms with Crippen LogP contribution in [-0.4, -0.2) is 36.5 Å². The van der Waals surface area contributed by atoms with Crippen LogP contribution in [0.1, 0.15) is 17.0 Å². The van der Waals surface area contributed by atoms with E-state index >= 15 is 0 Å². The Hall–Kier alpha value is -3.65. The van der Waals surface area contributed by atoms with Gasteiger partial charge < -0.3 is 9.47 Å². The summed E-state index contributed by atoms with van der Waals surface area (Å²) >= 11 is 3.35. The van der Waals surface area contributed by atoms with Gasteiger partial charge in [0.1, 0.15) is 5.57 Å². The molecule has 4 amide bonds. The summed E-state index contributed by atoms with van der Waals surface area (Å²) in [6.07, 6.45) is 1.54. The van der Waals surface area contributed by atoms with Crippen molar-refractivity contribution >= 4 is 51.2 Å². The maximum atomic E-state index is 13.2. The van der Waals surface area contributed by atoms with Crippen LogP contribution in [0.3, 0.4) is 0 Å². The number of benzene rings is 2. The number of nitrogens with zero attached hydrogens (tertiary/aromatic N) is 3. The number of rotatable bonds is 4. The van der Waals surface area contributed by atoms with Gasteiger partial charge in [-0.1, -0.05) is 22.0 Å². The summed E-state index contributed by atoms with van der Waals surface area (Å²) in [5.41, 5.74) is 4.90. The van der Waals surface area contributed by atoms with Crippen molar-refractivity contribution in [2.75, 3.05) is 23.9 Å². The summed E-state index contributed by atoms with van der Waals surface area (Å²) in [7, 11) is 3.97. The molecule has 0 unspecified atom stereocenters. The van der Waals surface area contributed by atoms with Crippen LogP contribution in [0.5, 0.6) is 0 Å². The summed E-state index contributed by atoms with van der Waals surface area (Å²) in [5, 5.41) is 2.27. The van der Waals surface area contributed by atoms with E-state index in [1.165, 1.54) is 0 Å². The minimum atomic E-state index is -0.772. The lowest BCUT2D eigenvalue weighted by Gasteiger charge is -2.26. The van der Waals surface area contributed by atoms with Gasteiger partial charge in [0.2, 0.25) is 0 Å². The van der Waals surface area contributed by atoms with Gasteiger partial charge in [0, 0.05) is 41.3 Å². The minimum Gasteiger partial charge on any atom is -0.378 e. The topological polar surface area (TPSA) is 74.6 Å². The summed E-state index contributed by atoms with van der Waals surface area (Å²) in [6, 6.07) is 16.1. The van der Waals surface area contributed by atoms with Crippen molar-refractivity contribution in [2.45, 2.75) is 13.8 Å². The lowest BCUT2D eigenvalue weighted by atomic mass is 10.1. The third-order valence-electron chi connectivity index (χ3n) is 5.56. The van der Waals surface area contributed by atoms with Crippen molar-refractivity contribution in [3.8, 4) is 5.69 Å². The van der Waals surface area contributed by atoms with E-state index in [9.17, 15) is 14.4 Å². The molecule has 33 heavy (non-hydrogen) atoms. The number of anilines is 2. The number of hydrogen-bond acceptors (Lipinski definition) is 4. The Balaban J connectivity index is 1.73. The van der Waals surface area contributed by atoms with E-state index in [1.54, 1.807) is 30.3 Å². The highest BCUT2D eigenvalue weighted by molar-refractivity contribution is 9.10. The van der Waals surface area contributed by atoms with Gasteiger partial charge in [-0.15, -0.1) is 0 Å². The van der Waals surface area contributed by atoms with Gasteiger partial charge in [-0.05, 0) is 74.0 Å². The summed E-state index contributed by atoms with van der Waals surface area (Å²) in [5.74, 6) is -1.38. The first-order chi connectivity index (χ1) is 15.7. The number of amides is 4. The summed E-state index contributed by atoms with van der Waals surface area (Å²) in [6.45, 7) is 3.90. The molecule has 3 aromatic rings. The standard InChI is InChI=1S/C25H23BrN4O3/c1-15-12-17(16(2)29(15)20-10-8-19(9-11-20)28(3)4)13-22-23(31)27-25(33)30(24(22)32)21-7-5-6-18(26)14-21/h5-14H,1-4H3,(H,27,31,33)/b22-13-. The predicted octanol–water partition coefficient (Wildman–Crippen LogP) is 4.59. The Labute approximate surface area is 200 Å². The minimum absolute atomic E-state index is 0.0993. The Morgan fingerprint density at radius 3 is 2.27 bits per heavy atom. The normalized spacial score (nSPS) is 15.2. The molecular weight excluding hydrogens is 484 g/mol. The molecule has 7 nitrogen and oxygen atoms in total. The van der Waals surface area contributed by atoms with E-state index in [1.807, 2.05) is 63.2 Å². The van der Waals surface area contributed by atoms with Gasteiger partial charge in [-0.25, -0.2) is 9.69 Å². The first-order valence-electron chi connectivity index (χ1n) is 10.3. The lowest BCUT2D eigenvalue weighted by molar-refractivity contribution is -0.122. The molecule has 0 bridgehead atoms. The average molecular weight is 507 g/mol. The summed E-state index contributed by atoms with van der Waals surface area (Å²) in [4.78, 5) is 41.2. The molecule has 0 aliphatic carbocycles. The fourth-order valence-corrected chi connectivity index (χ4v) is 4.28. The second-order valence-electron chi connectivity index (χ2n) is 8.01. The number of imide groups is 2. The van der Waals surface area contributed by atoms with E-state index in [4.69, 9.17) is 0 Å². The number of halogens is 1. The highest BCUT2D eigenvalue weighted by atomic mass is 79.9. The molecule has 1 N–H and O–H groups in total. The molecule has 0 saturated carbocycles. The fraction of sp³-hybridized carbons (Fsp3) is 0.160. The Morgan fingerprint density at radius 2 is 1.64 bits per heavy atom. The highest BCUT2D eigenvalue weighted by Crippen LogP contribution is 2.27. The number of aryl methyl sites for hydroxylation is 1. The molecule has 8 heteroatoms. The summed E-state index contributed by atoms with van der Waals surface area (Å²) < 4.78 is 2.78. The molecule has 2 heterocycles. The van der Waals surface area contributed by atoms with E-state index < -0.39 is 17.8 Å². The van der Waals surface area contributed by atoms with Crippen LogP contribution in [0.25, 0.3) is 11.8 Å². The van der Waals surface area contributed by atoms with Crippen molar-refractivity contribution < 1.29 is 14.4 Å². The molecule has 2 aromatic carbocycles. The zero-order valence-corrected chi connectivity index (χ0v) is 20.3. The Morgan fingerprint density at radius 1 is 0.939 bits per heavy atom. The van der Waals surface area contributed by atoms with E-state index in [0.717, 1.165) is 33.2 Å². The van der Waals surface area contributed by atoms with Gasteiger partial charge in [-0.3, -0.25) is 14.9 Å². The molecule has 0 radical (unpaired) electrons. The molecule has 1 aromatic heterocycles. The number of hydrogen-bond donors (Lipinski definition) is 1. The van der Waals surface area contributed by atoms with Crippen LogP contribution in [-0.2, 0) is 9.59 Å². The molecule has 1 aliphatic rings. The SMILES string of the molecule is Cc1cc(/C=C2/C(=O)NC(=O)N(c3cccc(Br)c3)C2=O)c(C)n1-c1ccc(N(C)C)cc1. The number of barbiturate groups is 1.